The zero-order chi connectivity index (χ0) is 14.0. The van der Waals surface area contributed by atoms with Gasteiger partial charge in [0.05, 0.1) is 15.7 Å². The van der Waals surface area contributed by atoms with Crippen molar-refractivity contribution in [3.63, 3.8) is 0 Å². The Balaban J connectivity index is 2.23. The minimum absolute atomic E-state index is 0.00467. The van der Waals surface area contributed by atoms with E-state index in [1.807, 2.05) is 6.92 Å². The average molecular weight is 322 g/mol. The van der Waals surface area contributed by atoms with Crippen LogP contribution in [-0.2, 0) is 9.84 Å². The van der Waals surface area contributed by atoms with E-state index in [9.17, 15) is 8.42 Å². The van der Waals surface area contributed by atoms with Gasteiger partial charge in [-0.15, -0.1) is 0 Å². The van der Waals surface area contributed by atoms with E-state index in [0.717, 1.165) is 19.4 Å². The Morgan fingerprint density at radius 2 is 2.05 bits per heavy atom. The molecule has 2 rings (SSSR count). The van der Waals surface area contributed by atoms with Gasteiger partial charge in [0.25, 0.3) is 0 Å². The zero-order valence-corrected chi connectivity index (χ0v) is 13.0. The van der Waals surface area contributed by atoms with E-state index in [1.54, 1.807) is 6.07 Å². The van der Waals surface area contributed by atoms with Crippen LogP contribution in [0.4, 0.5) is 0 Å². The fourth-order valence-corrected chi connectivity index (χ4v) is 4.59. The Bertz CT molecular complexity index is 556. The molecule has 0 radical (unpaired) electrons. The molecule has 0 bridgehead atoms. The molecular weight excluding hydrogens is 305 g/mol. The highest BCUT2D eigenvalue weighted by Gasteiger charge is 2.34. The van der Waals surface area contributed by atoms with Crippen molar-refractivity contribution in [3.8, 4) is 0 Å². The second-order valence-electron chi connectivity index (χ2n) is 4.86. The van der Waals surface area contributed by atoms with Crippen LogP contribution in [0.5, 0.6) is 0 Å². The van der Waals surface area contributed by atoms with Crippen LogP contribution in [0.1, 0.15) is 19.8 Å². The predicted octanol–water partition coefficient (Wildman–Crippen LogP) is 3.16. The smallest absolute Gasteiger partial charge is 0.181 e. The first-order chi connectivity index (χ1) is 8.94. The monoisotopic (exact) mass is 321 g/mol. The van der Waals surface area contributed by atoms with Gasteiger partial charge in [0.15, 0.2) is 9.84 Å². The number of rotatable bonds is 6. The van der Waals surface area contributed by atoms with E-state index >= 15 is 0 Å². The second kappa shape index (κ2) is 6.00. The van der Waals surface area contributed by atoms with Gasteiger partial charge in [0.2, 0.25) is 0 Å². The summed E-state index contributed by atoms with van der Waals surface area (Å²) in [6, 6.07) is 4.54. The molecule has 1 saturated carbocycles. The lowest BCUT2D eigenvalue weighted by Gasteiger charge is -2.17. The molecule has 19 heavy (non-hydrogen) atoms. The van der Waals surface area contributed by atoms with E-state index in [2.05, 4.69) is 5.32 Å². The molecule has 1 fully saturated rings. The molecule has 3 nitrogen and oxygen atoms in total. The van der Waals surface area contributed by atoms with Crippen LogP contribution in [0.25, 0.3) is 0 Å². The van der Waals surface area contributed by atoms with E-state index in [0.29, 0.717) is 10.9 Å². The number of sulfone groups is 1. The van der Waals surface area contributed by atoms with Crippen LogP contribution >= 0.6 is 23.2 Å². The number of hydrogen-bond donors (Lipinski definition) is 1. The van der Waals surface area contributed by atoms with E-state index in [-0.39, 0.29) is 21.7 Å². The standard InChI is InChI=1S/C13H17Cl2NO2S/c1-2-16-12(9-3-4-9)8-19(17,18)13-7-10(14)5-6-11(13)15/h5-7,9,12,16H,2-4,8H2,1H3. The van der Waals surface area contributed by atoms with Gasteiger partial charge in [0, 0.05) is 11.1 Å². The number of nitrogens with one attached hydrogen (secondary N) is 1. The van der Waals surface area contributed by atoms with Gasteiger partial charge in [-0.25, -0.2) is 8.42 Å². The Morgan fingerprint density at radius 1 is 1.37 bits per heavy atom. The maximum Gasteiger partial charge on any atom is 0.181 e. The molecule has 1 atom stereocenters. The van der Waals surface area contributed by atoms with Gasteiger partial charge in [-0.3, -0.25) is 0 Å². The minimum atomic E-state index is -3.42. The van der Waals surface area contributed by atoms with Crippen molar-refractivity contribution in [3.05, 3.63) is 28.2 Å². The fraction of sp³-hybridized carbons (Fsp3) is 0.538. The average Bonchev–Trinajstić information content (AvgIpc) is 3.15. The van der Waals surface area contributed by atoms with Crippen molar-refractivity contribution in [1.82, 2.24) is 5.32 Å². The lowest BCUT2D eigenvalue weighted by atomic mass is 10.2. The van der Waals surface area contributed by atoms with Crippen molar-refractivity contribution >= 4 is 33.0 Å². The van der Waals surface area contributed by atoms with Gasteiger partial charge in [-0.1, -0.05) is 30.1 Å². The number of halogens is 2. The lowest BCUT2D eigenvalue weighted by Crippen LogP contribution is -2.37. The quantitative estimate of drug-likeness (QED) is 0.875. The molecule has 1 N–H and O–H groups in total. The van der Waals surface area contributed by atoms with Crippen molar-refractivity contribution in [2.45, 2.75) is 30.7 Å². The van der Waals surface area contributed by atoms with Gasteiger partial charge in [-0.05, 0) is 43.5 Å². The second-order valence-corrected chi connectivity index (χ2v) is 7.70. The summed E-state index contributed by atoms with van der Waals surface area (Å²) in [4.78, 5) is 0.130. The summed E-state index contributed by atoms with van der Waals surface area (Å²) in [6.45, 7) is 2.74. The summed E-state index contributed by atoms with van der Waals surface area (Å²) < 4.78 is 24.9. The van der Waals surface area contributed by atoms with Crippen molar-refractivity contribution < 1.29 is 8.42 Å². The molecule has 1 aromatic carbocycles. The summed E-state index contributed by atoms with van der Waals surface area (Å²) >= 11 is 11.8. The summed E-state index contributed by atoms with van der Waals surface area (Å²) in [5, 5.41) is 3.86. The molecule has 106 valence electrons. The molecule has 0 amide bonds. The Kier molecular flexibility index (Phi) is 4.77. The van der Waals surface area contributed by atoms with Crippen LogP contribution < -0.4 is 5.32 Å². The SMILES string of the molecule is CCNC(CS(=O)(=O)c1cc(Cl)ccc1Cl)C1CC1. The molecule has 0 saturated heterocycles. The van der Waals surface area contributed by atoms with Crippen molar-refractivity contribution in [1.29, 1.82) is 0 Å². The largest absolute Gasteiger partial charge is 0.313 e. The van der Waals surface area contributed by atoms with Crippen LogP contribution in [0.15, 0.2) is 23.1 Å². The topological polar surface area (TPSA) is 46.2 Å². The lowest BCUT2D eigenvalue weighted by molar-refractivity contribution is 0.502. The van der Waals surface area contributed by atoms with E-state index in [1.165, 1.54) is 12.1 Å². The molecule has 1 unspecified atom stereocenters. The highest BCUT2D eigenvalue weighted by atomic mass is 35.5. The predicted molar refractivity (Wildman–Crippen MR) is 78.7 cm³/mol. The van der Waals surface area contributed by atoms with E-state index < -0.39 is 9.84 Å². The summed E-state index contributed by atoms with van der Waals surface area (Å²) in [6.07, 6.45) is 2.19. The van der Waals surface area contributed by atoms with Gasteiger partial charge < -0.3 is 5.32 Å². The first-order valence-corrected chi connectivity index (χ1v) is 8.76. The van der Waals surface area contributed by atoms with Crippen molar-refractivity contribution in [2.75, 3.05) is 12.3 Å². The Morgan fingerprint density at radius 3 is 2.63 bits per heavy atom. The van der Waals surface area contributed by atoms with Crippen LogP contribution in [0, 0.1) is 5.92 Å². The molecule has 0 aliphatic heterocycles. The zero-order valence-electron chi connectivity index (χ0n) is 10.7. The van der Waals surface area contributed by atoms with Crippen LogP contribution in [0.2, 0.25) is 10.0 Å². The molecule has 6 heteroatoms. The third-order valence-electron chi connectivity index (χ3n) is 3.28. The highest BCUT2D eigenvalue weighted by molar-refractivity contribution is 7.91. The minimum Gasteiger partial charge on any atom is -0.313 e. The molecular formula is C13H17Cl2NO2S. The van der Waals surface area contributed by atoms with Gasteiger partial charge in [-0.2, -0.15) is 0 Å². The number of hydrogen-bond acceptors (Lipinski definition) is 3. The first-order valence-electron chi connectivity index (χ1n) is 6.35. The highest BCUT2D eigenvalue weighted by Crippen LogP contribution is 2.35. The third kappa shape index (κ3) is 3.85. The Hall–Kier alpha value is -0.290. The molecule has 0 aromatic heterocycles. The summed E-state index contributed by atoms with van der Waals surface area (Å²) in [7, 11) is -3.42. The molecule has 1 aliphatic rings. The maximum atomic E-state index is 12.4. The van der Waals surface area contributed by atoms with Crippen LogP contribution in [-0.4, -0.2) is 26.8 Å². The maximum absolute atomic E-state index is 12.4. The normalized spacial score (nSPS) is 17.4. The number of benzene rings is 1. The van der Waals surface area contributed by atoms with Crippen LogP contribution in [0.3, 0.4) is 0 Å². The fourth-order valence-electron chi connectivity index (χ4n) is 2.16. The third-order valence-corrected chi connectivity index (χ3v) is 5.77. The first kappa shape index (κ1) is 15.1. The molecule has 0 heterocycles. The van der Waals surface area contributed by atoms with Gasteiger partial charge >= 0.3 is 0 Å². The molecule has 1 aliphatic carbocycles. The van der Waals surface area contributed by atoms with Gasteiger partial charge in [0.1, 0.15) is 0 Å². The summed E-state index contributed by atoms with van der Waals surface area (Å²) in [5.74, 6) is 0.540. The summed E-state index contributed by atoms with van der Waals surface area (Å²) in [5.41, 5.74) is 0. The molecule has 0 spiro atoms. The Labute approximate surface area is 124 Å². The van der Waals surface area contributed by atoms with E-state index in [4.69, 9.17) is 23.2 Å². The van der Waals surface area contributed by atoms with Crippen molar-refractivity contribution in [2.24, 2.45) is 5.92 Å². The molecule has 1 aromatic rings.